The number of aryl methyl sites for hydroxylation is 3. The maximum Gasteiger partial charge on any atom is 0.268 e. The van der Waals surface area contributed by atoms with Crippen molar-refractivity contribution < 1.29 is 4.79 Å². The second kappa shape index (κ2) is 6.36. The number of thiophene rings is 1. The summed E-state index contributed by atoms with van der Waals surface area (Å²) in [6.45, 7) is 3.61. The number of rotatable bonds is 5. The molecule has 0 saturated carbocycles. The first kappa shape index (κ1) is 14.9. The van der Waals surface area contributed by atoms with Crippen molar-refractivity contribution in [3.63, 3.8) is 0 Å². The van der Waals surface area contributed by atoms with Crippen LogP contribution in [0.3, 0.4) is 0 Å². The van der Waals surface area contributed by atoms with Gasteiger partial charge in [-0.1, -0.05) is 6.92 Å². The fourth-order valence-electron chi connectivity index (χ4n) is 2.83. The molecule has 0 bridgehead atoms. The molecule has 0 saturated heterocycles. The first-order valence-corrected chi connectivity index (χ1v) is 9.02. The number of aromatic nitrogens is 1. The number of amides is 1. The highest BCUT2D eigenvalue weighted by atomic mass is 79.9. The van der Waals surface area contributed by atoms with Gasteiger partial charge in [0.1, 0.15) is 5.69 Å². The van der Waals surface area contributed by atoms with E-state index in [2.05, 4.69) is 34.2 Å². The highest BCUT2D eigenvalue weighted by Gasteiger charge is 2.16. The summed E-state index contributed by atoms with van der Waals surface area (Å²) in [5.74, 6) is 0.00251. The van der Waals surface area contributed by atoms with Gasteiger partial charge in [-0.15, -0.1) is 11.3 Å². The number of halogens is 1. The van der Waals surface area contributed by atoms with Gasteiger partial charge in [-0.3, -0.25) is 4.79 Å². The Labute approximate surface area is 137 Å². The molecule has 2 aromatic heterocycles. The van der Waals surface area contributed by atoms with Crippen LogP contribution in [0, 0.1) is 0 Å². The van der Waals surface area contributed by atoms with Gasteiger partial charge in [0, 0.05) is 27.0 Å². The Balaban J connectivity index is 1.65. The van der Waals surface area contributed by atoms with Crippen LogP contribution in [0.5, 0.6) is 0 Å². The smallest absolute Gasteiger partial charge is 0.268 e. The lowest BCUT2D eigenvalue weighted by atomic mass is 10.2. The monoisotopic (exact) mass is 366 g/mol. The van der Waals surface area contributed by atoms with Crippen LogP contribution in [0.25, 0.3) is 0 Å². The van der Waals surface area contributed by atoms with Gasteiger partial charge in [0.25, 0.3) is 5.91 Å². The van der Waals surface area contributed by atoms with Gasteiger partial charge in [0.05, 0.1) is 6.54 Å². The average Bonchev–Trinajstić information content (AvgIpc) is 3.10. The number of hydrogen-bond donors (Lipinski definition) is 1. The third-order valence-electron chi connectivity index (χ3n) is 3.78. The predicted octanol–water partition coefficient (Wildman–Crippen LogP) is 4.14. The number of carbonyl (C=O) groups is 1. The van der Waals surface area contributed by atoms with Crippen molar-refractivity contribution in [3.05, 3.63) is 43.8 Å². The van der Waals surface area contributed by atoms with Gasteiger partial charge in [0.2, 0.25) is 0 Å². The highest BCUT2D eigenvalue weighted by molar-refractivity contribution is 9.10. The molecule has 2 heterocycles. The molecule has 5 heteroatoms. The zero-order valence-corrected chi connectivity index (χ0v) is 14.5. The first-order valence-electron chi connectivity index (χ1n) is 7.41. The van der Waals surface area contributed by atoms with Gasteiger partial charge in [-0.05, 0) is 59.3 Å². The Morgan fingerprint density at radius 3 is 3.05 bits per heavy atom. The van der Waals surface area contributed by atoms with E-state index in [0.29, 0.717) is 6.54 Å². The van der Waals surface area contributed by atoms with Gasteiger partial charge in [-0.25, -0.2) is 0 Å². The normalized spacial score (nSPS) is 13.4. The zero-order valence-electron chi connectivity index (χ0n) is 12.1. The number of nitrogens with one attached hydrogen (secondary N) is 1. The van der Waals surface area contributed by atoms with Crippen molar-refractivity contribution in [2.75, 3.05) is 0 Å². The lowest BCUT2D eigenvalue weighted by Crippen LogP contribution is -2.25. The van der Waals surface area contributed by atoms with Crippen molar-refractivity contribution in [1.29, 1.82) is 0 Å². The number of fused-ring (bicyclic) bond motifs is 1. The fourth-order valence-corrected chi connectivity index (χ4v) is 4.49. The summed E-state index contributed by atoms with van der Waals surface area (Å²) in [5, 5.41) is 3.05. The van der Waals surface area contributed by atoms with E-state index in [4.69, 9.17) is 0 Å². The molecule has 2 aromatic rings. The average molecular weight is 367 g/mol. The number of nitrogens with zero attached hydrogens (tertiary/aromatic N) is 1. The van der Waals surface area contributed by atoms with Gasteiger partial charge < -0.3 is 9.88 Å². The van der Waals surface area contributed by atoms with E-state index >= 15 is 0 Å². The van der Waals surface area contributed by atoms with Crippen LogP contribution >= 0.6 is 27.3 Å². The van der Waals surface area contributed by atoms with E-state index < -0.39 is 0 Å². The van der Waals surface area contributed by atoms with Crippen molar-refractivity contribution in [2.24, 2.45) is 0 Å². The third kappa shape index (κ3) is 3.24. The van der Waals surface area contributed by atoms with Crippen LogP contribution in [0.4, 0.5) is 0 Å². The van der Waals surface area contributed by atoms with Gasteiger partial charge in [0.15, 0.2) is 0 Å². The topological polar surface area (TPSA) is 34.0 Å². The summed E-state index contributed by atoms with van der Waals surface area (Å²) < 4.78 is 2.96. The molecule has 0 fully saturated rings. The maximum absolute atomic E-state index is 12.4. The standard InChI is InChI=1S/C16H19BrN2OS/c1-2-6-19-10-12(17)8-14(19)16(20)18-9-13-7-11-4-3-5-15(11)21-13/h7-8,10H,2-6,9H2,1H3,(H,18,20). The van der Waals surface area contributed by atoms with E-state index in [1.165, 1.54) is 34.6 Å². The molecular weight excluding hydrogens is 348 g/mol. The fraction of sp³-hybridized carbons (Fsp3) is 0.438. The molecule has 1 N–H and O–H groups in total. The summed E-state index contributed by atoms with van der Waals surface area (Å²) in [6, 6.07) is 4.15. The quantitative estimate of drug-likeness (QED) is 0.847. The minimum Gasteiger partial charge on any atom is -0.346 e. The van der Waals surface area contributed by atoms with E-state index in [0.717, 1.165) is 23.1 Å². The van der Waals surface area contributed by atoms with Crippen LogP contribution in [-0.2, 0) is 25.9 Å². The molecule has 1 aliphatic carbocycles. The SMILES string of the molecule is CCCn1cc(Br)cc1C(=O)NCc1cc2c(s1)CCC2. The lowest BCUT2D eigenvalue weighted by molar-refractivity contribution is 0.0942. The second-order valence-electron chi connectivity index (χ2n) is 5.43. The third-order valence-corrected chi connectivity index (χ3v) is 5.45. The Kier molecular flexibility index (Phi) is 4.50. The van der Waals surface area contributed by atoms with E-state index in [1.54, 1.807) is 0 Å². The molecule has 1 amide bonds. The van der Waals surface area contributed by atoms with Crippen LogP contribution in [0.1, 0.15) is 45.6 Å². The Bertz CT molecular complexity index is 638. The van der Waals surface area contributed by atoms with Gasteiger partial charge in [-0.2, -0.15) is 0 Å². The van der Waals surface area contributed by atoms with Gasteiger partial charge >= 0.3 is 0 Å². The Hall–Kier alpha value is -1.07. The van der Waals surface area contributed by atoms with Crippen molar-refractivity contribution in [3.8, 4) is 0 Å². The minimum absolute atomic E-state index is 0.00251. The molecular formula is C16H19BrN2OS. The van der Waals surface area contributed by atoms with E-state index in [-0.39, 0.29) is 5.91 Å². The van der Waals surface area contributed by atoms with Crippen molar-refractivity contribution in [2.45, 2.75) is 45.7 Å². The minimum atomic E-state index is 0.00251. The molecule has 0 spiro atoms. The number of carbonyl (C=O) groups excluding carboxylic acids is 1. The molecule has 3 rings (SSSR count). The Morgan fingerprint density at radius 2 is 2.29 bits per heavy atom. The van der Waals surface area contributed by atoms with E-state index in [1.807, 2.05) is 28.2 Å². The van der Waals surface area contributed by atoms with Crippen molar-refractivity contribution in [1.82, 2.24) is 9.88 Å². The molecule has 0 aromatic carbocycles. The van der Waals surface area contributed by atoms with E-state index in [9.17, 15) is 4.79 Å². The van der Waals surface area contributed by atoms with Crippen LogP contribution in [0.15, 0.2) is 22.8 Å². The van der Waals surface area contributed by atoms with Crippen molar-refractivity contribution >= 4 is 33.2 Å². The Morgan fingerprint density at radius 1 is 1.43 bits per heavy atom. The second-order valence-corrected chi connectivity index (χ2v) is 7.57. The summed E-state index contributed by atoms with van der Waals surface area (Å²) >= 11 is 5.30. The van der Waals surface area contributed by atoms with Crippen LogP contribution in [-0.4, -0.2) is 10.5 Å². The maximum atomic E-state index is 12.4. The predicted molar refractivity (Wildman–Crippen MR) is 89.9 cm³/mol. The molecule has 0 atom stereocenters. The first-order chi connectivity index (χ1) is 10.2. The highest BCUT2D eigenvalue weighted by Crippen LogP contribution is 2.30. The largest absolute Gasteiger partial charge is 0.346 e. The summed E-state index contributed by atoms with van der Waals surface area (Å²) in [7, 11) is 0. The van der Waals surface area contributed by atoms with Crippen LogP contribution in [0.2, 0.25) is 0 Å². The molecule has 3 nitrogen and oxygen atoms in total. The summed E-state index contributed by atoms with van der Waals surface area (Å²) in [6.07, 6.45) is 6.68. The summed E-state index contributed by atoms with van der Waals surface area (Å²) in [4.78, 5) is 15.1. The molecule has 0 aliphatic heterocycles. The lowest BCUT2D eigenvalue weighted by Gasteiger charge is -2.08. The molecule has 0 unspecified atom stereocenters. The molecule has 112 valence electrons. The summed E-state index contributed by atoms with van der Waals surface area (Å²) in [5.41, 5.74) is 2.22. The zero-order chi connectivity index (χ0) is 14.8. The molecule has 0 radical (unpaired) electrons. The number of hydrogen-bond acceptors (Lipinski definition) is 2. The molecule has 21 heavy (non-hydrogen) atoms. The molecule has 1 aliphatic rings. The van der Waals surface area contributed by atoms with Crippen LogP contribution < -0.4 is 5.32 Å².